The van der Waals surface area contributed by atoms with E-state index in [4.69, 9.17) is 0 Å². The predicted octanol–water partition coefficient (Wildman–Crippen LogP) is 0.430. The Hall–Kier alpha value is -1.27. The number of nitrogens with zero attached hydrogens (tertiary/aromatic N) is 1. The molecule has 1 N–H and O–H groups in total. The second kappa shape index (κ2) is 3.36. The molecule has 1 saturated heterocycles. The molecule has 1 heterocycles. The molecule has 0 aromatic rings. The zero-order chi connectivity index (χ0) is 12.0. The third kappa shape index (κ3) is 1.64. The minimum absolute atomic E-state index is 0.0591. The van der Waals surface area contributed by atoms with Crippen LogP contribution in [-0.2, 0) is 9.59 Å². The van der Waals surface area contributed by atoms with Gasteiger partial charge < -0.3 is 10.2 Å². The van der Waals surface area contributed by atoms with Crippen LogP contribution in [0.5, 0.6) is 0 Å². The minimum Gasteiger partial charge on any atom is -0.347 e. The van der Waals surface area contributed by atoms with Gasteiger partial charge in [-0.2, -0.15) is 13.2 Å². The highest BCUT2D eigenvalue weighted by atomic mass is 19.4. The summed E-state index contributed by atoms with van der Waals surface area (Å²) in [6.07, 6.45) is -4.59. The van der Waals surface area contributed by atoms with E-state index in [0.717, 1.165) is 4.90 Å². The first kappa shape index (κ1) is 11.2. The number of carbonyl (C=O) groups is 2. The topological polar surface area (TPSA) is 49.4 Å². The van der Waals surface area contributed by atoms with Crippen LogP contribution in [0.4, 0.5) is 13.2 Å². The van der Waals surface area contributed by atoms with Gasteiger partial charge in [-0.25, -0.2) is 0 Å². The molecule has 1 aliphatic carbocycles. The molecule has 1 aliphatic heterocycles. The van der Waals surface area contributed by atoms with Crippen LogP contribution < -0.4 is 5.32 Å². The molecule has 0 aromatic carbocycles. The van der Waals surface area contributed by atoms with E-state index >= 15 is 0 Å². The maximum atomic E-state index is 12.8. The standard InChI is InChI=1S/C9H11F3N2O2/c10-9(11,12)8(2-3-8)14-4-1-6(15)13-5-7(14)16/h1-5H2,(H,13,15). The van der Waals surface area contributed by atoms with E-state index in [1.165, 1.54) is 0 Å². The summed E-state index contributed by atoms with van der Waals surface area (Å²) in [7, 11) is 0. The summed E-state index contributed by atoms with van der Waals surface area (Å²) in [4.78, 5) is 23.3. The van der Waals surface area contributed by atoms with Gasteiger partial charge in [-0.15, -0.1) is 0 Å². The van der Waals surface area contributed by atoms with Crippen molar-refractivity contribution in [3.05, 3.63) is 0 Å². The van der Waals surface area contributed by atoms with E-state index in [9.17, 15) is 22.8 Å². The van der Waals surface area contributed by atoms with E-state index in [2.05, 4.69) is 5.32 Å². The summed E-state index contributed by atoms with van der Waals surface area (Å²) >= 11 is 0. The fourth-order valence-corrected chi connectivity index (χ4v) is 1.97. The van der Waals surface area contributed by atoms with Crippen LogP contribution >= 0.6 is 0 Å². The maximum Gasteiger partial charge on any atom is 0.411 e. The second-order valence-electron chi connectivity index (χ2n) is 4.10. The lowest BCUT2D eigenvalue weighted by atomic mass is 10.2. The summed E-state index contributed by atoms with van der Waals surface area (Å²) in [5.74, 6) is -1.03. The Bertz CT molecular complexity index is 336. The number of amides is 2. The molecular formula is C9H11F3N2O2. The Labute approximate surface area is 89.8 Å². The summed E-state index contributed by atoms with van der Waals surface area (Å²) < 4.78 is 38.4. The monoisotopic (exact) mass is 236 g/mol. The first-order chi connectivity index (χ1) is 7.37. The third-order valence-electron chi connectivity index (χ3n) is 3.07. The van der Waals surface area contributed by atoms with E-state index < -0.39 is 17.6 Å². The van der Waals surface area contributed by atoms with Crippen molar-refractivity contribution in [2.45, 2.75) is 31.0 Å². The Morgan fingerprint density at radius 2 is 1.88 bits per heavy atom. The van der Waals surface area contributed by atoms with Gasteiger partial charge >= 0.3 is 6.18 Å². The van der Waals surface area contributed by atoms with Gasteiger partial charge in [-0.1, -0.05) is 0 Å². The first-order valence-electron chi connectivity index (χ1n) is 5.01. The molecule has 0 spiro atoms. The smallest absolute Gasteiger partial charge is 0.347 e. The van der Waals surface area contributed by atoms with Crippen molar-refractivity contribution in [1.29, 1.82) is 0 Å². The Morgan fingerprint density at radius 3 is 2.38 bits per heavy atom. The van der Waals surface area contributed by atoms with Crippen LogP contribution in [0, 0.1) is 0 Å². The summed E-state index contributed by atoms with van der Waals surface area (Å²) in [5.41, 5.74) is -2.00. The second-order valence-corrected chi connectivity index (χ2v) is 4.10. The van der Waals surface area contributed by atoms with Gasteiger partial charge in [0.2, 0.25) is 11.8 Å². The number of rotatable bonds is 1. The van der Waals surface area contributed by atoms with E-state index in [-0.39, 0.29) is 38.3 Å². The molecule has 7 heteroatoms. The molecule has 90 valence electrons. The van der Waals surface area contributed by atoms with Crippen LogP contribution in [0.25, 0.3) is 0 Å². The molecule has 0 atom stereocenters. The largest absolute Gasteiger partial charge is 0.411 e. The number of carbonyl (C=O) groups excluding carboxylic acids is 2. The number of hydrogen-bond donors (Lipinski definition) is 1. The highest BCUT2D eigenvalue weighted by Crippen LogP contribution is 2.53. The molecule has 16 heavy (non-hydrogen) atoms. The lowest BCUT2D eigenvalue weighted by molar-refractivity contribution is -0.199. The van der Waals surface area contributed by atoms with Crippen LogP contribution in [0.1, 0.15) is 19.3 Å². The van der Waals surface area contributed by atoms with Crippen LogP contribution in [0.15, 0.2) is 0 Å². The fraction of sp³-hybridized carbons (Fsp3) is 0.778. The Balaban J connectivity index is 2.20. The molecule has 1 saturated carbocycles. The normalized spacial score (nSPS) is 25.1. The molecule has 2 amide bonds. The van der Waals surface area contributed by atoms with Gasteiger partial charge in [0.1, 0.15) is 5.54 Å². The van der Waals surface area contributed by atoms with Crippen LogP contribution in [0.2, 0.25) is 0 Å². The molecule has 0 radical (unpaired) electrons. The Morgan fingerprint density at radius 1 is 1.25 bits per heavy atom. The first-order valence-corrected chi connectivity index (χ1v) is 5.01. The quantitative estimate of drug-likeness (QED) is 0.717. The molecule has 2 aliphatic rings. The Kier molecular flexibility index (Phi) is 2.36. The van der Waals surface area contributed by atoms with Crippen molar-refractivity contribution in [1.82, 2.24) is 10.2 Å². The molecule has 0 unspecified atom stereocenters. The van der Waals surface area contributed by atoms with Crippen LogP contribution in [-0.4, -0.2) is 41.5 Å². The minimum atomic E-state index is -4.41. The SMILES string of the molecule is O=C1CCN(C2(C(F)(F)F)CC2)C(=O)CN1. The van der Waals surface area contributed by atoms with E-state index in [1.54, 1.807) is 0 Å². The van der Waals surface area contributed by atoms with Crippen molar-refractivity contribution < 1.29 is 22.8 Å². The van der Waals surface area contributed by atoms with E-state index in [1.807, 2.05) is 0 Å². The van der Waals surface area contributed by atoms with Gasteiger partial charge in [-0.05, 0) is 12.8 Å². The number of nitrogens with one attached hydrogen (secondary N) is 1. The highest BCUT2D eigenvalue weighted by Gasteiger charge is 2.67. The maximum absolute atomic E-state index is 12.8. The van der Waals surface area contributed by atoms with Gasteiger partial charge in [0.05, 0.1) is 6.54 Å². The molecule has 0 aromatic heterocycles. The summed E-state index contributed by atoms with van der Waals surface area (Å²) in [6, 6.07) is 0. The lowest BCUT2D eigenvalue weighted by Gasteiger charge is -2.32. The van der Waals surface area contributed by atoms with Crippen molar-refractivity contribution >= 4 is 11.8 Å². The predicted molar refractivity (Wildman–Crippen MR) is 47.4 cm³/mol. The zero-order valence-corrected chi connectivity index (χ0v) is 8.43. The third-order valence-corrected chi connectivity index (χ3v) is 3.07. The zero-order valence-electron chi connectivity index (χ0n) is 8.43. The molecule has 2 fully saturated rings. The van der Waals surface area contributed by atoms with Crippen molar-refractivity contribution in [3.8, 4) is 0 Å². The summed E-state index contributed by atoms with van der Waals surface area (Å²) in [5, 5.41) is 2.28. The number of alkyl halides is 3. The van der Waals surface area contributed by atoms with Gasteiger partial charge in [0, 0.05) is 13.0 Å². The van der Waals surface area contributed by atoms with Gasteiger partial charge in [0.15, 0.2) is 0 Å². The molecule has 4 nitrogen and oxygen atoms in total. The summed E-state index contributed by atoms with van der Waals surface area (Å²) in [6.45, 7) is -0.485. The van der Waals surface area contributed by atoms with E-state index in [0.29, 0.717) is 0 Å². The fourth-order valence-electron chi connectivity index (χ4n) is 1.97. The van der Waals surface area contributed by atoms with Crippen LogP contribution in [0.3, 0.4) is 0 Å². The number of halogens is 3. The lowest BCUT2D eigenvalue weighted by Crippen LogP contribution is -2.52. The highest BCUT2D eigenvalue weighted by molar-refractivity contribution is 5.88. The molecule has 2 rings (SSSR count). The molecular weight excluding hydrogens is 225 g/mol. The molecule has 0 bridgehead atoms. The number of hydrogen-bond acceptors (Lipinski definition) is 2. The van der Waals surface area contributed by atoms with Crippen molar-refractivity contribution in [3.63, 3.8) is 0 Å². The van der Waals surface area contributed by atoms with Gasteiger partial charge in [0.25, 0.3) is 0 Å². The van der Waals surface area contributed by atoms with Crippen molar-refractivity contribution in [2.24, 2.45) is 0 Å². The van der Waals surface area contributed by atoms with Gasteiger partial charge in [-0.3, -0.25) is 9.59 Å². The van der Waals surface area contributed by atoms with Crippen molar-refractivity contribution in [2.75, 3.05) is 13.1 Å². The average molecular weight is 236 g/mol. The average Bonchev–Trinajstić information content (AvgIpc) is 2.93.